The van der Waals surface area contributed by atoms with Gasteiger partial charge in [0.15, 0.2) is 0 Å². The Bertz CT molecular complexity index is 748. The summed E-state index contributed by atoms with van der Waals surface area (Å²) < 4.78 is 1.82. The molecule has 1 saturated heterocycles. The summed E-state index contributed by atoms with van der Waals surface area (Å²) in [7, 11) is 4.16. The van der Waals surface area contributed by atoms with E-state index < -0.39 is 0 Å². The Morgan fingerprint density at radius 1 is 1.23 bits per heavy atom. The molecule has 1 unspecified atom stereocenters. The number of carbonyl (C=O) groups is 1. The minimum absolute atomic E-state index is 0.106. The first-order valence-corrected chi connectivity index (χ1v) is 9.58. The monoisotopic (exact) mass is 354 g/mol. The van der Waals surface area contributed by atoms with Crippen LogP contribution in [0, 0.1) is 6.92 Å². The van der Waals surface area contributed by atoms with Gasteiger partial charge in [0.1, 0.15) is 5.69 Å². The first kappa shape index (κ1) is 18.6. The second kappa shape index (κ2) is 8.04. The number of aromatic nitrogens is 2. The van der Waals surface area contributed by atoms with Crippen LogP contribution in [0.25, 0.3) is 0 Å². The molecule has 1 fully saturated rings. The molecule has 5 heteroatoms. The van der Waals surface area contributed by atoms with Gasteiger partial charge in [-0.1, -0.05) is 24.3 Å². The van der Waals surface area contributed by atoms with Gasteiger partial charge >= 0.3 is 0 Å². The maximum atomic E-state index is 13.2. The van der Waals surface area contributed by atoms with Gasteiger partial charge in [0.2, 0.25) is 0 Å². The molecule has 1 amide bonds. The minimum atomic E-state index is 0.106. The van der Waals surface area contributed by atoms with Gasteiger partial charge in [-0.25, -0.2) is 0 Å². The SMILES string of the molecule is CCn1nc(C)cc1C(=O)N1CCCCC1c1ccc(CN(C)C)cc1. The zero-order valence-corrected chi connectivity index (χ0v) is 16.4. The molecule has 0 N–H and O–H groups in total. The van der Waals surface area contributed by atoms with Crippen molar-refractivity contribution >= 4 is 5.91 Å². The van der Waals surface area contributed by atoms with Gasteiger partial charge in [0, 0.05) is 19.6 Å². The lowest BCUT2D eigenvalue weighted by molar-refractivity contribution is 0.0598. The number of likely N-dealkylation sites (tertiary alicyclic amines) is 1. The van der Waals surface area contributed by atoms with Crippen LogP contribution in [-0.4, -0.2) is 46.1 Å². The summed E-state index contributed by atoms with van der Waals surface area (Å²) in [5.74, 6) is 0.106. The van der Waals surface area contributed by atoms with Crippen molar-refractivity contribution in [2.24, 2.45) is 0 Å². The molecular weight excluding hydrogens is 324 g/mol. The molecule has 0 bridgehead atoms. The lowest BCUT2D eigenvalue weighted by atomic mass is 9.94. The van der Waals surface area contributed by atoms with Crippen molar-refractivity contribution in [3.05, 3.63) is 52.8 Å². The first-order chi connectivity index (χ1) is 12.5. The number of hydrogen-bond donors (Lipinski definition) is 0. The lowest BCUT2D eigenvalue weighted by Gasteiger charge is -2.36. The largest absolute Gasteiger partial charge is 0.330 e. The minimum Gasteiger partial charge on any atom is -0.330 e. The molecule has 1 aromatic carbocycles. The molecular formula is C21H30N4O. The lowest BCUT2D eigenvalue weighted by Crippen LogP contribution is -2.39. The zero-order valence-electron chi connectivity index (χ0n) is 16.4. The Balaban J connectivity index is 1.84. The van der Waals surface area contributed by atoms with Crippen LogP contribution in [0.2, 0.25) is 0 Å². The zero-order chi connectivity index (χ0) is 18.7. The second-order valence-corrected chi connectivity index (χ2v) is 7.48. The summed E-state index contributed by atoms with van der Waals surface area (Å²) in [6.07, 6.45) is 3.26. The Kier molecular flexibility index (Phi) is 5.77. The fourth-order valence-electron chi connectivity index (χ4n) is 3.84. The van der Waals surface area contributed by atoms with E-state index in [1.807, 2.05) is 29.5 Å². The molecule has 0 aliphatic carbocycles. The molecule has 140 valence electrons. The third-order valence-corrected chi connectivity index (χ3v) is 5.05. The van der Waals surface area contributed by atoms with Crippen molar-refractivity contribution in [3.8, 4) is 0 Å². The van der Waals surface area contributed by atoms with Crippen molar-refractivity contribution in [3.63, 3.8) is 0 Å². The Morgan fingerprint density at radius 2 is 1.96 bits per heavy atom. The third-order valence-electron chi connectivity index (χ3n) is 5.05. The van der Waals surface area contributed by atoms with E-state index in [0.29, 0.717) is 12.2 Å². The first-order valence-electron chi connectivity index (χ1n) is 9.58. The van der Waals surface area contributed by atoms with Crippen LogP contribution in [0.5, 0.6) is 0 Å². The number of aryl methyl sites for hydroxylation is 2. The molecule has 1 atom stereocenters. The van der Waals surface area contributed by atoms with E-state index in [1.165, 1.54) is 17.5 Å². The van der Waals surface area contributed by atoms with Crippen LogP contribution in [0.1, 0.15) is 59.5 Å². The maximum absolute atomic E-state index is 13.2. The topological polar surface area (TPSA) is 41.4 Å². The van der Waals surface area contributed by atoms with Crippen molar-refractivity contribution in [1.29, 1.82) is 0 Å². The highest BCUT2D eigenvalue weighted by atomic mass is 16.2. The fraction of sp³-hybridized carbons (Fsp3) is 0.524. The van der Waals surface area contributed by atoms with E-state index in [9.17, 15) is 4.79 Å². The molecule has 1 aliphatic heterocycles. The smallest absolute Gasteiger partial charge is 0.272 e. The van der Waals surface area contributed by atoms with E-state index in [2.05, 4.69) is 48.4 Å². The molecule has 3 rings (SSSR count). The molecule has 0 radical (unpaired) electrons. The van der Waals surface area contributed by atoms with Crippen molar-refractivity contribution < 1.29 is 4.79 Å². The van der Waals surface area contributed by atoms with Gasteiger partial charge < -0.3 is 9.80 Å². The van der Waals surface area contributed by atoms with Crippen LogP contribution in [-0.2, 0) is 13.1 Å². The van der Waals surface area contributed by atoms with Crippen LogP contribution in [0.15, 0.2) is 30.3 Å². The predicted molar refractivity (Wildman–Crippen MR) is 104 cm³/mol. The summed E-state index contributed by atoms with van der Waals surface area (Å²) in [6.45, 7) is 6.44. The van der Waals surface area contributed by atoms with Crippen molar-refractivity contribution in [2.45, 2.75) is 52.2 Å². The third kappa shape index (κ3) is 3.98. The summed E-state index contributed by atoms with van der Waals surface area (Å²) >= 11 is 0. The summed E-state index contributed by atoms with van der Waals surface area (Å²) in [6, 6.07) is 10.8. The molecule has 2 aromatic rings. The van der Waals surface area contributed by atoms with E-state index in [0.717, 1.165) is 31.6 Å². The number of rotatable bonds is 5. The second-order valence-electron chi connectivity index (χ2n) is 7.48. The van der Waals surface area contributed by atoms with E-state index in [-0.39, 0.29) is 11.9 Å². The normalized spacial score (nSPS) is 17.7. The fourth-order valence-corrected chi connectivity index (χ4v) is 3.84. The highest BCUT2D eigenvalue weighted by molar-refractivity contribution is 5.93. The van der Waals surface area contributed by atoms with Crippen LogP contribution < -0.4 is 0 Å². The Morgan fingerprint density at radius 3 is 2.62 bits per heavy atom. The van der Waals surface area contributed by atoms with Crippen LogP contribution in [0.3, 0.4) is 0 Å². The van der Waals surface area contributed by atoms with Gasteiger partial charge in [0.25, 0.3) is 5.91 Å². The number of nitrogens with zero attached hydrogens (tertiary/aromatic N) is 4. The number of benzene rings is 1. The summed E-state index contributed by atoms with van der Waals surface area (Å²) in [5, 5.41) is 4.45. The molecule has 1 aliphatic rings. The van der Waals surface area contributed by atoms with Crippen LogP contribution in [0.4, 0.5) is 0 Å². The number of piperidine rings is 1. The highest BCUT2D eigenvalue weighted by Crippen LogP contribution is 2.32. The highest BCUT2D eigenvalue weighted by Gasteiger charge is 2.30. The maximum Gasteiger partial charge on any atom is 0.272 e. The van der Waals surface area contributed by atoms with Crippen molar-refractivity contribution in [2.75, 3.05) is 20.6 Å². The average molecular weight is 354 g/mol. The molecule has 0 saturated carbocycles. The van der Waals surface area contributed by atoms with Gasteiger partial charge in [-0.3, -0.25) is 9.48 Å². The van der Waals surface area contributed by atoms with E-state index in [4.69, 9.17) is 0 Å². The summed E-state index contributed by atoms with van der Waals surface area (Å²) in [4.78, 5) is 17.5. The number of carbonyl (C=O) groups excluding carboxylic acids is 1. The molecule has 5 nitrogen and oxygen atoms in total. The van der Waals surface area contributed by atoms with E-state index in [1.54, 1.807) is 0 Å². The Labute approximate surface area is 156 Å². The molecule has 2 heterocycles. The van der Waals surface area contributed by atoms with Gasteiger partial charge in [0.05, 0.1) is 11.7 Å². The number of hydrogen-bond acceptors (Lipinski definition) is 3. The van der Waals surface area contributed by atoms with Gasteiger partial charge in [-0.2, -0.15) is 5.10 Å². The Hall–Kier alpha value is -2.14. The van der Waals surface area contributed by atoms with E-state index >= 15 is 0 Å². The predicted octanol–water partition coefficient (Wildman–Crippen LogP) is 3.64. The van der Waals surface area contributed by atoms with Gasteiger partial charge in [-0.15, -0.1) is 0 Å². The van der Waals surface area contributed by atoms with Crippen molar-refractivity contribution in [1.82, 2.24) is 19.6 Å². The van der Waals surface area contributed by atoms with Crippen LogP contribution >= 0.6 is 0 Å². The average Bonchev–Trinajstić information content (AvgIpc) is 3.02. The quantitative estimate of drug-likeness (QED) is 0.823. The molecule has 26 heavy (non-hydrogen) atoms. The molecule has 1 aromatic heterocycles. The molecule has 0 spiro atoms. The summed E-state index contributed by atoms with van der Waals surface area (Å²) in [5.41, 5.74) is 4.14. The van der Waals surface area contributed by atoms with Gasteiger partial charge in [-0.05, 0) is 64.4 Å². The standard InChI is InChI=1S/C21H30N4O/c1-5-25-20(14-16(2)22-25)21(26)24-13-7-6-8-19(24)18-11-9-17(10-12-18)15-23(3)4/h9-12,14,19H,5-8,13,15H2,1-4H3. The number of amides is 1.